The van der Waals surface area contributed by atoms with Crippen molar-refractivity contribution in [3.63, 3.8) is 0 Å². The van der Waals surface area contributed by atoms with Gasteiger partial charge in [-0.3, -0.25) is 5.10 Å². The Morgan fingerprint density at radius 1 is 1.50 bits per heavy atom. The first-order valence-corrected chi connectivity index (χ1v) is 5.31. The van der Waals surface area contributed by atoms with E-state index in [9.17, 15) is 0 Å². The summed E-state index contributed by atoms with van der Waals surface area (Å²) in [6, 6.07) is 0. The number of nitrogens with zero attached hydrogens (tertiary/aromatic N) is 2. The Labute approximate surface area is 89.0 Å². The van der Waals surface area contributed by atoms with E-state index in [1.54, 1.807) is 0 Å². The van der Waals surface area contributed by atoms with Crippen molar-refractivity contribution in [1.82, 2.24) is 15.2 Å². The van der Waals surface area contributed by atoms with Crippen LogP contribution in [0.5, 0.6) is 0 Å². The Bertz CT molecular complexity index is 275. The lowest BCUT2D eigenvalue weighted by Gasteiger charge is -2.16. The van der Waals surface area contributed by atoms with Gasteiger partial charge in [0.1, 0.15) is 11.9 Å². The SMILES string of the molecule is CCOC(c1n[nH]c(CCl)n1)C(C)C. The standard InChI is InChI=1S/C9H16ClN3O/c1-4-14-8(6(2)3)9-11-7(5-10)12-13-9/h6,8H,4-5H2,1-3H3,(H,11,12,13). The van der Waals surface area contributed by atoms with Crippen molar-refractivity contribution in [2.45, 2.75) is 32.8 Å². The van der Waals surface area contributed by atoms with Crippen LogP contribution < -0.4 is 0 Å². The number of hydrogen-bond donors (Lipinski definition) is 1. The van der Waals surface area contributed by atoms with E-state index in [-0.39, 0.29) is 6.10 Å². The lowest BCUT2D eigenvalue weighted by Crippen LogP contribution is -2.12. The highest BCUT2D eigenvalue weighted by Gasteiger charge is 2.20. The van der Waals surface area contributed by atoms with E-state index in [2.05, 4.69) is 29.0 Å². The monoisotopic (exact) mass is 217 g/mol. The normalized spacial score (nSPS) is 13.5. The van der Waals surface area contributed by atoms with Gasteiger partial charge in [-0.1, -0.05) is 13.8 Å². The van der Waals surface area contributed by atoms with E-state index in [4.69, 9.17) is 16.3 Å². The quantitative estimate of drug-likeness (QED) is 0.770. The molecule has 1 atom stereocenters. The maximum absolute atomic E-state index is 5.63. The lowest BCUT2D eigenvalue weighted by atomic mass is 10.1. The molecule has 1 N–H and O–H groups in total. The largest absolute Gasteiger partial charge is 0.370 e. The topological polar surface area (TPSA) is 50.8 Å². The summed E-state index contributed by atoms with van der Waals surface area (Å²) in [4.78, 5) is 4.25. The van der Waals surface area contributed by atoms with Gasteiger partial charge in [-0.2, -0.15) is 5.10 Å². The van der Waals surface area contributed by atoms with E-state index in [0.717, 1.165) is 0 Å². The number of ether oxygens (including phenoxy) is 1. The smallest absolute Gasteiger partial charge is 0.179 e. The predicted octanol–water partition coefficient (Wildman–Crippen LogP) is 2.28. The Morgan fingerprint density at radius 3 is 2.64 bits per heavy atom. The van der Waals surface area contributed by atoms with Gasteiger partial charge in [0, 0.05) is 6.61 Å². The summed E-state index contributed by atoms with van der Waals surface area (Å²) < 4.78 is 5.56. The number of rotatable bonds is 5. The van der Waals surface area contributed by atoms with Crippen LogP contribution in [0.4, 0.5) is 0 Å². The molecular weight excluding hydrogens is 202 g/mol. The first kappa shape index (κ1) is 11.5. The van der Waals surface area contributed by atoms with Crippen LogP contribution in [0.15, 0.2) is 0 Å². The molecule has 0 aliphatic rings. The minimum absolute atomic E-state index is 0.0479. The third kappa shape index (κ3) is 2.69. The molecule has 0 aliphatic carbocycles. The molecular formula is C9H16ClN3O. The third-order valence-corrected chi connectivity index (χ3v) is 2.13. The van der Waals surface area contributed by atoms with Gasteiger partial charge in [-0.25, -0.2) is 4.98 Å². The second-order valence-corrected chi connectivity index (χ2v) is 3.66. The third-order valence-electron chi connectivity index (χ3n) is 1.88. The fourth-order valence-corrected chi connectivity index (χ4v) is 1.36. The average Bonchev–Trinajstić information content (AvgIpc) is 2.61. The molecule has 80 valence electrons. The molecule has 0 amide bonds. The fourth-order valence-electron chi connectivity index (χ4n) is 1.24. The molecule has 1 rings (SSSR count). The van der Waals surface area contributed by atoms with Gasteiger partial charge in [0.05, 0.1) is 5.88 Å². The van der Waals surface area contributed by atoms with Crippen molar-refractivity contribution in [3.05, 3.63) is 11.6 Å². The van der Waals surface area contributed by atoms with Crippen molar-refractivity contribution in [1.29, 1.82) is 0 Å². The van der Waals surface area contributed by atoms with Crippen molar-refractivity contribution in [2.24, 2.45) is 5.92 Å². The van der Waals surface area contributed by atoms with Crippen LogP contribution in [-0.2, 0) is 10.6 Å². The Hall–Kier alpha value is -0.610. The van der Waals surface area contributed by atoms with Crippen molar-refractivity contribution in [3.8, 4) is 0 Å². The molecule has 0 spiro atoms. The van der Waals surface area contributed by atoms with E-state index in [0.29, 0.717) is 30.1 Å². The lowest BCUT2D eigenvalue weighted by molar-refractivity contribution is 0.0234. The highest BCUT2D eigenvalue weighted by Crippen LogP contribution is 2.22. The average molecular weight is 218 g/mol. The van der Waals surface area contributed by atoms with E-state index < -0.39 is 0 Å². The van der Waals surface area contributed by atoms with Crippen LogP contribution in [-0.4, -0.2) is 21.8 Å². The van der Waals surface area contributed by atoms with E-state index in [1.165, 1.54) is 0 Å². The predicted molar refractivity (Wildman–Crippen MR) is 55.1 cm³/mol. The van der Waals surface area contributed by atoms with Crippen molar-refractivity contribution >= 4 is 11.6 Å². The molecule has 1 aromatic rings. The van der Waals surface area contributed by atoms with Crippen LogP contribution in [0.3, 0.4) is 0 Å². The number of nitrogens with one attached hydrogen (secondary N) is 1. The van der Waals surface area contributed by atoms with Gasteiger partial charge in [0.2, 0.25) is 0 Å². The molecule has 0 aliphatic heterocycles. The summed E-state index contributed by atoms with van der Waals surface area (Å²) in [5, 5.41) is 6.86. The molecule has 0 aromatic carbocycles. The maximum Gasteiger partial charge on any atom is 0.179 e. The van der Waals surface area contributed by atoms with Crippen molar-refractivity contribution < 1.29 is 4.74 Å². The van der Waals surface area contributed by atoms with Crippen LogP contribution >= 0.6 is 11.6 Å². The maximum atomic E-state index is 5.63. The molecule has 1 heterocycles. The Kier molecular flexibility index (Phi) is 4.35. The first-order valence-electron chi connectivity index (χ1n) is 4.77. The molecule has 0 radical (unpaired) electrons. The van der Waals surface area contributed by atoms with Crippen molar-refractivity contribution in [2.75, 3.05) is 6.61 Å². The molecule has 0 saturated heterocycles. The second-order valence-electron chi connectivity index (χ2n) is 3.39. The summed E-state index contributed by atoms with van der Waals surface area (Å²) in [6.45, 7) is 6.78. The second kappa shape index (κ2) is 5.32. The molecule has 1 unspecified atom stereocenters. The molecule has 0 fully saturated rings. The molecule has 0 saturated carbocycles. The molecule has 4 nitrogen and oxygen atoms in total. The zero-order valence-electron chi connectivity index (χ0n) is 8.75. The van der Waals surface area contributed by atoms with E-state index >= 15 is 0 Å². The van der Waals surface area contributed by atoms with E-state index in [1.807, 2.05) is 6.92 Å². The minimum Gasteiger partial charge on any atom is -0.370 e. The van der Waals surface area contributed by atoms with Gasteiger partial charge in [0.15, 0.2) is 5.82 Å². The molecule has 14 heavy (non-hydrogen) atoms. The number of H-pyrrole nitrogens is 1. The summed E-state index contributed by atoms with van der Waals surface area (Å²) in [5.41, 5.74) is 0. The number of aromatic amines is 1. The Morgan fingerprint density at radius 2 is 2.21 bits per heavy atom. The summed E-state index contributed by atoms with van der Waals surface area (Å²) in [5.74, 6) is 2.09. The van der Waals surface area contributed by atoms with Crippen LogP contribution in [0.25, 0.3) is 0 Å². The first-order chi connectivity index (χ1) is 6.69. The summed E-state index contributed by atoms with van der Waals surface area (Å²) in [6.07, 6.45) is -0.0479. The molecule has 1 aromatic heterocycles. The van der Waals surface area contributed by atoms with Gasteiger partial charge >= 0.3 is 0 Å². The highest BCUT2D eigenvalue weighted by molar-refractivity contribution is 6.16. The fraction of sp³-hybridized carbons (Fsp3) is 0.778. The van der Waals surface area contributed by atoms with Crippen LogP contribution in [0.2, 0.25) is 0 Å². The number of halogens is 1. The van der Waals surface area contributed by atoms with Gasteiger partial charge in [-0.05, 0) is 12.8 Å². The summed E-state index contributed by atoms with van der Waals surface area (Å²) >= 11 is 5.63. The minimum atomic E-state index is -0.0479. The van der Waals surface area contributed by atoms with Crippen LogP contribution in [0.1, 0.15) is 38.5 Å². The number of hydrogen-bond acceptors (Lipinski definition) is 3. The Balaban J connectivity index is 2.76. The van der Waals surface area contributed by atoms with Gasteiger partial charge < -0.3 is 4.74 Å². The van der Waals surface area contributed by atoms with Gasteiger partial charge in [-0.15, -0.1) is 11.6 Å². The molecule has 5 heteroatoms. The van der Waals surface area contributed by atoms with Gasteiger partial charge in [0.25, 0.3) is 0 Å². The zero-order chi connectivity index (χ0) is 10.6. The number of aromatic nitrogens is 3. The van der Waals surface area contributed by atoms with Crippen LogP contribution in [0, 0.1) is 5.92 Å². The molecule has 0 bridgehead atoms. The number of alkyl halides is 1. The highest BCUT2D eigenvalue weighted by atomic mass is 35.5. The summed E-state index contributed by atoms with van der Waals surface area (Å²) in [7, 11) is 0. The zero-order valence-corrected chi connectivity index (χ0v) is 9.51.